The van der Waals surface area contributed by atoms with Crippen LogP contribution in [0.5, 0.6) is 0 Å². The van der Waals surface area contributed by atoms with Crippen LogP contribution in [0.4, 0.5) is 0 Å². The van der Waals surface area contributed by atoms with E-state index in [0.29, 0.717) is 13.2 Å². The van der Waals surface area contributed by atoms with Crippen LogP contribution in [0.2, 0.25) is 0 Å². The highest BCUT2D eigenvalue weighted by Crippen LogP contribution is 2.23. The second kappa shape index (κ2) is 8.57. The molecule has 1 atom stereocenters. The fourth-order valence-corrected chi connectivity index (χ4v) is 3.82. The normalized spacial score (nSPS) is 22.6. The Morgan fingerprint density at radius 1 is 1.48 bits per heavy atom. The third-order valence-corrected chi connectivity index (χ3v) is 5.27. The summed E-state index contributed by atoms with van der Waals surface area (Å²) in [5.74, 6) is 0.112. The highest BCUT2D eigenvalue weighted by atomic mass is 32.1. The number of allylic oxidation sites excluding steroid dienone is 1. The van der Waals surface area contributed by atoms with Gasteiger partial charge in [-0.3, -0.25) is 9.69 Å². The first-order chi connectivity index (χ1) is 11.3. The van der Waals surface area contributed by atoms with Crippen LogP contribution in [0.3, 0.4) is 0 Å². The van der Waals surface area contributed by atoms with Crippen LogP contribution in [0, 0.1) is 0 Å². The van der Waals surface area contributed by atoms with Crippen molar-refractivity contribution in [1.29, 1.82) is 0 Å². The van der Waals surface area contributed by atoms with Gasteiger partial charge in [-0.15, -0.1) is 11.3 Å². The summed E-state index contributed by atoms with van der Waals surface area (Å²) in [5, 5.41) is 6.01. The van der Waals surface area contributed by atoms with Gasteiger partial charge >= 0.3 is 0 Å². The topological polar surface area (TPSA) is 54.5 Å². The molecule has 1 saturated heterocycles. The zero-order valence-corrected chi connectivity index (χ0v) is 14.3. The van der Waals surface area contributed by atoms with Crippen molar-refractivity contribution in [2.24, 2.45) is 0 Å². The van der Waals surface area contributed by atoms with Gasteiger partial charge in [-0.25, -0.2) is 4.98 Å². The number of carbonyl (C=O) groups is 1. The second-order valence-corrected chi connectivity index (χ2v) is 7.10. The summed E-state index contributed by atoms with van der Waals surface area (Å²) in [7, 11) is 0. The maximum atomic E-state index is 12.1. The summed E-state index contributed by atoms with van der Waals surface area (Å²) in [5.41, 5.74) is 1.51. The lowest BCUT2D eigenvalue weighted by molar-refractivity contribution is -0.124. The molecule has 3 rings (SSSR count). The van der Waals surface area contributed by atoms with Gasteiger partial charge in [0.15, 0.2) is 0 Å². The minimum Gasteiger partial charge on any atom is -0.368 e. The number of thiazole rings is 1. The number of hydrogen-bond donors (Lipinski definition) is 1. The molecule has 0 radical (unpaired) electrons. The predicted molar refractivity (Wildman–Crippen MR) is 91.4 cm³/mol. The lowest BCUT2D eigenvalue weighted by Gasteiger charge is -2.31. The van der Waals surface area contributed by atoms with Crippen LogP contribution >= 0.6 is 11.3 Å². The number of amides is 1. The van der Waals surface area contributed by atoms with Gasteiger partial charge in [-0.2, -0.15) is 0 Å². The summed E-state index contributed by atoms with van der Waals surface area (Å²) >= 11 is 1.61. The molecule has 2 aliphatic rings. The van der Waals surface area contributed by atoms with Gasteiger partial charge in [0, 0.05) is 31.2 Å². The van der Waals surface area contributed by atoms with Crippen molar-refractivity contribution in [2.45, 2.75) is 38.2 Å². The molecule has 0 spiro atoms. The number of morpholine rings is 1. The monoisotopic (exact) mass is 335 g/mol. The van der Waals surface area contributed by atoms with E-state index in [1.807, 2.05) is 5.38 Å². The zero-order valence-electron chi connectivity index (χ0n) is 13.5. The van der Waals surface area contributed by atoms with Crippen molar-refractivity contribution < 1.29 is 9.53 Å². The summed E-state index contributed by atoms with van der Waals surface area (Å²) in [6.45, 7) is 3.41. The van der Waals surface area contributed by atoms with Crippen LogP contribution in [0.1, 0.15) is 43.2 Å². The standard InChI is InChI=1S/C17H25N3O2S/c21-16(18-7-6-14-4-2-1-3-5-14)13-20-9-10-22-15(12-20)17-19-8-11-23-17/h4,8,11,15H,1-3,5-7,9-10,12-13H2,(H,18,21)/t15-/m0/s1. The molecule has 1 aromatic heterocycles. The fraction of sp³-hybridized carbons (Fsp3) is 0.647. The Balaban J connectivity index is 1.38. The fourth-order valence-electron chi connectivity index (χ4n) is 3.14. The van der Waals surface area contributed by atoms with Crippen LogP contribution in [-0.4, -0.2) is 48.6 Å². The average molecular weight is 335 g/mol. The van der Waals surface area contributed by atoms with Gasteiger partial charge < -0.3 is 10.1 Å². The van der Waals surface area contributed by atoms with E-state index in [2.05, 4.69) is 21.3 Å². The molecule has 126 valence electrons. The van der Waals surface area contributed by atoms with Gasteiger partial charge in [-0.05, 0) is 32.1 Å². The number of ether oxygens (including phenoxy) is 1. The first-order valence-electron chi connectivity index (χ1n) is 8.49. The number of aromatic nitrogens is 1. The quantitative estimate of drug-likeness (QED) is 0.812. The third kappa shape index (κ3) is 5.12. The summed E-state index contributed by atoms with van der Waals surface area (Å²) < 4.78 is 5.76. The Bertz CT molecular complexity index is 530. The van der Waals surface area contributed by atoms with Gasteiger partial charge in [0.2, 0.25) is 5.91 Å². The van der Waals surface area contributed by atoms with E-state index < -0.39 is 0 Å². The lowest BCUT2D eigenvalue weighted by atomic mass is 9.97. The minimum atomic E-state index is 0.00365. The SMILES string of the molecule is O=C(CN1CCO[C@H](c2nccs2)C1)NCCC1=CCCCC1. The van der Waals surface area contributed by atoms with E-state index >= 15 is 0 Å². The van der Waals surface area contributed by atoms with E-state index in [1.54, 1.807) is 17.5 Å². The van der Waals surface area contributed by atoms with Gasteiger partial charge in [0.05, 0.1) is 13.2 Å². The number of hydrogen-bond acceptors (Lipinski definition) is 5. The molecule has 1 aliphatic carbocycles. The van der Waals surface area contributed by atoms with Gasteiger partial charge in [0.25, 0.3) is 0 Å². The average Bonchev–Trinajstić information content (AvgIpc) is 3.11. The first-order valence-corrected chi connectivity index (χ1v) is 9.37. The molecule has 1 amide bonds. The predicted octanol–water partition coefficient (Wildman–Crippen LogP) is 2.52. The highest BCUT2D eigenvalue weighted by Gasteiger charge is 2.24. The highest BCUT2D eigenvalue weighted by molar-refractivity contribution is 7.09. The summed E-state index contributed by atoms with van der Waals surface area (Å²) in [4.78, 5) is 18.6. The number of carbonyl (C=O) groups excluding carboxylic acids is 1. The van der Waals surface area contributed by atoms with Crippen LogP contribution in [-0.2, 0) is 9.53 Å². The molecule has 5 nitrogen and oxygen atoms in total. The number of nitrogens with zero attached hydrogens (tertiary/aromatic N) is 2. The van der Waals surface area contributed by atoms with E-state index in [9.17, 15) is 4.79 Å². The molecule has 1 aromatic rings. The largest absolute Gasteiger partial charge is 0.368 e. The first kappa shape index (κ1) is 16.6. The molecule has 1 aliphatic heterocycles. The van der Waals surface area contributed by atoms with Crippen molar-refractivity contribution in [1.82, 2.24) is 15.2 Å². The van der Waals surface area contributed by atoms with Gasteiger partial charge in [-0.1, -0.05) is 11.6 Å². The maximum absolute atomic E-state index is 12.1. The van der Waals surface area contributed by atoms with Crippen molar-refractivity contribution in [3.8, 4) is 0 Å². The van der Waals surface area contributed by atoms with Crippen LogP contribution < -0.4 is 5.32 Å². The molecule has 0 aromatic carbocycles. The lowest BCUT2D eigenvalue weighted by Crippen LogP contribution is -2.44. The van der Waals surface area contributed by atoms with Crippen molar-refractivity contribution >= 4 is 17.2 Å². The van der Waals surface area contributed by atoms with Crippen LogP contribution in [0.15, 0.2) is 23.2 Å². The zero-order chi connectivity index (χ0) is 15.9. The third-order valence-electron chi connectivity index (χ3n) is 4.40. The maximum Gasteiger partial charge on any atom is 0.234 e. The minimum absolute atomic E-state index is 0.00365. The molecular formula is C17H25N3O2S. The molecule has 23 heavy (non-hydrogen) atoms. The van der Waals surface area contributed by atoms with Crippen molar-refractivity contribution in [3.05, 3.63) is 28.2 Å². The van der Waals surface area contributed by atoms with E-state index in [1.165, 1.54) is 31.3 Å². The van der Waals surface area contributed by atoms with Crippen molar-refractivity contribution in [3.63, 3.8) is 0 Å². The summed E-state index contributed by atoms with van der Waals surface area (Å²) in [6.07, 6.45) is 10.2. The van der Waals surface area contributed by atoms with Crippen molar-refractivity contribution in [2.75, 3.05) is 32.8 Å². The molecule has 2 heterocycles. The molecule has 6 heteroatoms. The number of rotatable bonds is 6. The Kier molecular flexibility index (Phi) is 6.19. The molecule has 1 fully saturated rings. The van der Waals surface area contributed by atoms with E-state index in [0.717, 1.165) is 31.1 Å². The molecule has 0 unspecified atom stereocenters. The molecular weight excluding hydrogens is 310 g/mol. The molecule has 0 saturated carbocycles. The van der Waals surface area contributed by atoms with E-state index in [4.69, 9.17) is 4.74 Å². The summed E-state index contributed by atoms with van der Waals surface area (Å²) in [6, 6.07) is 0. The molecule has 0 bridgehead atoms. The van der Waals surface area contributed by atoms with E-state index in [-0.39, 0.29) is 12.0 Å². The number of nitrogens with one attached hydrogen (secondary N) is 1. The Labute approximate surface area is 141 Å². The smallest absolute Gasteiger partial charge is 0.234 e. The Hall–Kier alpha value is -1.24. The van der Waals surface area contributed by atoms with Crippen LogP contribution in [0.25, 0.3) is 0 Å². The Morgan fingerprint density at radius 2 is 2.43 bits per heavy atom. The molecule has 1 N–H and O–H groups in total. The second-order valence-electron chi connectivity index (χ2n) is 6.17. The van der Waals surface area contributed by atoms with Gasteiger partial charge in [0.1, 0.15) is 11.1 Å². The Morgan fingerprint density at radius 3 is 3.22 bits per heavy atom.